The predicted molar refractivity (Wildman–Crippen MR) is 75.8 cm³/mol. The van der Waals surface area contributed by atoms with Gasteiger partial charge >= 0.3 is 5.97 Å². The topological polar surface area (TPSA) is 65.1 Å². The molecule has 1 atom stereocenters. The van der Waals surface area contributed by atoms with E-state index in [1.165, 1.54) is 17.9 Å². The summed E-state index contributed by atoms with van der Waals surface area (Å²) < 4.78 is 15.5. The van der Waals surface area contributed by atoms with Crippen molar-refractivity contribution in [1.29, 1.82) is 0 Å². The summed E-state index contributed by atoms with van der Waals surface area (Å²) in [5.41, 5.74) is 0.780. The maximum absolute atomic E-state index is 11.7. The number of likely N-dealkylation sites (N-methyl/N-ethyl adjacent to an activating group) is 1. The Balaban J connectivity index is 1.94. The molecule has 0 aromatic heterocycles. The second-order valence-corrected chi connectivity index (χ2v) is 4.76. The highest BCUT2D eigenvalue weighted by Crippen LogP contribution is 2.32. The van der Waals surface area contributed by atoms with E-state index in [1.54, 1.807) is 38.4 Å². The van der Waals surface area contributed by atoms with Gasteiger partial charge in [-0.3, -0.25) is 4.79 Å². The monoisotopic (exact) mass is 291 g/mol. The van der Waals surface area contributed by atoms with Crippen molar-refractivity contribution in [2.24, 2.45) is 0 Å². The van der Waals surface area contributed by atoms with E-state index in [4.69, 9.17) is 14.2 Å². The number of hydrogen-bond donors (Lipinski definition) is 0. The second kappa shape index (κ2) is 6.30. The van der Waals surface area contributed by atoms with Crippen molar-refractivity contribution in [1.82, 2.24) is 4.90 Å². The van der Waals surface area contributed by atoms with Crippen LogP contribution in [0.15, 0.2) is 24.3 Å². The minimum Gasteiger partial charge on any atom is -0.454 e. The number of nitrogens with zero attached hydrogens (tertiary/aromatic N) is 1. The van der Waals surface area contributed by atoms with E-state index in [0.717, 1.165) is 5.56 Å². The van der Waals surface area contributed by atoms with Crippen molar-refractivity contribution < 1.29 is 23.8 Å². The van der Waals surface area contributed by atoms with Gasteiger partial charge in [0.05, 0.1) is 0 Å². The molecule has 0 spiro atoms. The lowest BCUT2D eigenvalue weighted by Crippen LogP contribution is -2.34. The number of carbonyl (C=O) groups excluding carboxylic acids is 2. The molecule has 0 saturated heterocycles. The number of rotatable bonds is 4. The molecule has 1 aliphatic heterocycles. The molecule has 0 saturated carbocycles. The Kier molecular flexibility index (Phi) is 4.47. The first kappa shape index (κ1) is 14.9. The fraction of sp³-hybridized carbons (Fsp3) is 0.333. The molecule has 112 valence electrons. The SMILES string of the molecule is C[C@H](OC(=O)/C=C/c1ccc2c(c1)OCO2)C(=O)N(C)C. The molecule has 1 amide bonds. The number of fused-ring (bicyclic) bond motifs is 1. The highest BCUT2D eigenvalue weighted by molar-refractivity contribution is 5.90. The molecule has 1 aromatic rings. The van der Waals surface area contributed by atoms with Gasteiger partial charge in [0.1, 0.15) is 0 Å². The largest absolute Gasteiger partial charge is 0.454 e. The molecular weight excluding hydrogens is 274 g/mol. The number of benzene rings is 1. The highest BCUT2D eigenvalue weighted by Gasteiger charge is 2.18. The number of hydrogen-bond acceptors (Lipinski definition) is 5. The number of carbonyl (C=O) groups is 2. The lowest BCUT2D eigenvalue weighted by molar-refractivity contribution is -0.153. The van der Waals surface area contributed by atoms with Crippen LogP contribution in [0.4, 0.5) is 0 Å². The molecule has 0 bridgehead atoms. The van der Waals surface area contributed by atoms with Crippen molar-refractivity contribution in [3.05, 3.63) is 29.8 Å². The first-order valence-corrected chi connectivity index (χ1v) is 6.47. The van der Waals surface area contributed by atoms with E-state index in [9.17, 15) is 9.59 Å². The number of esters is 1. The summed E-state index contributed by atoms with van der Waals surface area (Å²) in [6.45, 7) is 1.74. The van der Waals surface area contributed by atoms with E-state index >= 15 is 0 Å². The van der Waals surface area contributed by atoms with Crippen LogP contribution in [-0.4, -0.2) is 43.8 Å². The molecule has 6 heteroatoms. The average Bonchev–Trinajstić information content (AvgIpc) is 2.91. The summed E-state index contributed by atoms with van der Waals surface area (Å²) in [5.74, 6) is 0.483. The Morgan fingerprint density at radius 1 is 1.29 bits per heavy atom. The van der Waals surface area contributed by atoms with Crippen LogP contribution in [0.25, 0.3) is 6.08 Å². The quantitative estimate of drug-likeness (QED) is 0.620. The van der Waals surface area contributed by atoms with Gasteiger partial charge in [-0.1, -0.05) is 6.07 Å². The third-order valence-electron chi connectivity index (χ3n) is 2.89. The van der Waals surface area contributed by atoms with Crippen molar-refractivity contribution >= 4 is 18.0 Å². The molecule has 0 unspecified atom stereocenters. The summed E-state index contributed by atoms with van der Waals surface area (Å²) in [5, 5.41) is 0. The first-order chi connectivity index (χ1) is 9.97. The van der Waals surface area contributed by atoms with Gasteiger partial charge in [-0.2, -0.15) is 0 Å². The molecule has 21 heavy (non-hydrogen) atoms. The van der Waals surface area contributed by atoms with Crippen molar-refractivity contribution in [2.75, 3.05) is 20.9 Å². The van der Waals surface area contributed by atoms with E-state index in [-0.39, 0.29) is 12.7 Å². The van der Waals surface area contributed by atoms with Crippen LogP contribution in [0, 0.1) is 0 Å². The van der Waals surface area contributed by atoms with Crippen LogP contribution in [0.3, 0.4) is 0 Å². The molecule has 1 heterocycles. The summed E-state index contributed by atoms with van der Waals surface area (Å²) in [6.07, 6.45) is 2.06. The van der Waals surface area contributed by atoms with Gasteiger partial charge < -0.3 is 19.1 Å². The number of amides is 1. The highest BCUT2D eigenvalue weighted by atomic mass is 16.7. The van der Waals surface area contributed by atoms with E-state index in [1.807, 2.05) is 0 Å². The zero-order chi connectivity index (χ0) is 15.4. The average molecular weight is 291 g/mol. The maximum atomic E-state index is 11.7. The van der Waals surface area contributed by atoms with E-state index < -0.39 is 12.1 Å². The van der Waals surface area contributed by atoms with Crippen LogP contribution in [0.1, 0.15) is 12.5 Å². The number of ether oxygens (including phenoxy) is 3. The summed E-state index contributed by atoms with van der Waals surface area (Å²) in [4.78, 5) is 24.6. The Morgan fingerprint density at radius 3 is 2.71 bits per heavy atom. The molecule has 0 N–H and O–H groups in total. The maximum Gasteiger partial charge on any atom is 0.331 e. The van der Waals surface area contributed by atoms with Crippen LogP contribution >= 0.6 is 0 Å². The van der Waals surface area contributed by atoms with Gasteiger partial charge in [0, 0.05) is 20.2 Å². The first-order valence-electron chi connectivity index (χ1n) is 6.47. The van der Waals surface area contributed by atoms with Crippen molar-refractivity contribution in [2.45, 2.75) is 13.0 Å². The van der Waals surface area contributed by atoms with Crippen LogP contribution in [0.2, 0.25) is 0 Å². The Labute approximate surface area is 122 Å². The Morgan fingerprint density at radius 2 is 2.00 bits per heavy atom. The lowest BCUT2D eigenvalue weighted by Gasteiger charge is -2.16. The molecule has 2 rings (SSSR count). The molecule has 6 nitrogen and oxygen atoms in total. The third-order valence-corrected chi connectivity index (χ3v) is 2.89. The van der Waals surface area contributed by atoms with E-state index in [2.05, 4.69) is 0 Å². The van der Waals surface area contributed by atoms with Crippen LogP contribution in [0.5, 0.6) is 11.5 Å². The van der Waals surface area contributed by atoms with Crippen LogP contribution < -0.4 is 9.47 Å². The minimum atomic E-state index is -0.811. The van der Waals surface area contributed by atoms with Gasteiger partial charge in [-0.15, -0.1) is 0 Å². The van der Waals surface area contributed by atoms with Gasteiger partial charge in [0.15, 0.2) is 17.6 Å². The molecule has 0 radical (unpaired) electrons. The van der Waals surface area contributed by atoms with E-state index in [0.29, 0.717) is 11.5 Å². The van der Waals surface area contributed by atoms with Gasteiger partial charge in [0.25, 0.3) is 5.91 Å². The molecular formula is C15H17NO5. The Bertz CT molecular complexity index is 579. The van der Waals surface area contributed by atoms with Gasteiger partial charge in [-0.05, 0) is 30.7 Å². The normalized spacial score (nSPS) is 14.0. The zero-order valence-electron chi connectivity index (χ0n) is 12.2. The lowest BCUT2D eigenvalue weighted by atomic mass is 10.2. The smallest absolute Gasteiger partial charge is 0.331 e. The zero-order valence-corrected chi connectivity index (χ0v) is 12.2. The molecule has 0 fully saturated rings. The fourth-order valence-corrected chi connectivity index (χ4v) is 1.81. The minimum absolute atomic E-state index is 0.203. The van der Waals surface area contributed by atoms with Gasteiger partial charge in [0.2, 0.25) is 6.79 Å². The standard InChI is InChI=1S/C15H17NO5/c1-10(15(18)16(2)3)21-14(17)7-5-11-4-6-12-13(8-11)20-9-19-12/h4-8,10H,9H2,1-3H3/b7-5+/t10-/m0/s1. The van der Waals surface area contributed by atoms with Crippen LogP contribution in [-0.2, 0) is 14.3 Å². The summed E-state index contributed by atoms with van der Waals surface area (Å²) in [7, 11) is 3.21. The molecule has 0 aliphatic carbocycles. The van der Waals surface area contributed by atoms with Gasteiger partial charge in [-0.25, -0.2) is 4.79 Å². The summed E-state index contributed by atoms with van der Waals surface area (Å²) >= 11 is 0. The Hall–Kier alpha value is -2.50. The summed E-state index contributed by atoms with van der Waals surface area (Å²) in [6, 6.07) is 5.33. The predicted octanol–water partition coefficient (Wildman–Crippen LogP) is 1.45. The molecule has 1 aromatic carbocycles. The van der Waals surface area contributed by atoms with Crippen molar-refractivity contribution in [3.63, 3.8) is 0 Å². The fourth-order valence-electron chi connectivity index (χ4n) is 1.81. The third kappa shape index (κ3) is 3.75. The van der Waals surface area contributed by atoms with Crippen molar-refractivity contribution in [3.8, 4) is 11.5 Å². The second-order valence-electron chi connectivity index (χ2n) is 4.76. The molecule has 1 aliphatic rings.